The van der Waals surface area contributed by atoms with Gasteiger partial charge in [0, 0.05) is 62.1 Å². The molecule has 0 saturated carbocycles. The molecule has 8 heteroatoms. The Labute approximate surface area is 192 Å². The molecule has 1 fully saturated rings. The van der Waals surface area contributed by atoms with Gasteiger partial charge in [-0.3, -0.25) is 4.79 Å². The normalized spacial score (nSPS) is 13.9. The van der Waals surface area contributed by atoms with Crippen LogP contribution in [0.1, 0.15) is 10.4 Å². The Kier molecular flexibility index (Phi) is 6.30. The van der Waals surface area contributed by atoms with Gasteiger partial charge in [0.05, 0.1) is 10.7 Å². The monoisotopic (exact) mass is 455 g/mol. The fourth-order valence-electron chi connectivity index (χ4n) is 3.56. The molecule has 0 radical (unpaired) electrons. The third kappa shape index (κ3) is 4.75. The lowest BCUT2D eigenvalue weighted by Gasteiger charge is -2.35. The zero-order valence-corrected chi connectivity index (χ0v) is 18.9. The van der Waals surface area contributed by atoms with E-state index in [9.17, 15) is 4.79 Å². The highest BCUT2D eigenvalue weighted by Gasteiger charge is 2.23. The molecule has 1 saturated heterocycles. The maximum atomic E-state index is 12.8. The Morgan fingerprint density at radius 2 is 1.61 bits per heavy atom. The van der Waals surface area contributed by atoms with E-state index in [1.165, 1.54) is 0 Å². The summed E-state index contributed by atoms with van der Waals surface area (Å²) in [7, 11) is 3.96. The number of nitrogens with zero attached hydrogens (tertiary/aromatic N) is 5. The van der Waals surface area contributed by atoms with E-state index in [1.54, 1.807) is 12.1 Å². The summed E-state index contributed by atoms with van der Waals surface area (Å²) in [5.74, 6) is 0.847. The van der Waals surface area contributed by atoms with Gasteiger partial charge in [0.2, 0.25) is 0 Å². The molecule has 6 nitrogen and oxygen atoms in total. The van der Waals surface area contributed by atoms with Crippen molar-refractivity contribution in [1.82, 2.24) is 15.1 Å². The van der Waals surface area contributed by atoms with Crippen molar-refractivity contribution >= 4 is 40.6 Å². The smallest absolute Gasteiger partial charge is 0.253 e. The number of carbonyl (C=O) groups excluding carboxylic acids is 1. The first-order chi connectivity index (χ1) is 14.9. The quantitative estimate of drug-likeness (QED) is 0.580. The second kappa shape index (κ2) is 9.12. The number of halogens is 2. The Hall–Kier alpha value is -2.83. The molecule has 1 aliphatic heterocycles. The fourth-order valence-corrected chi connectivity index (χ4v) is 4.06. The van der Waals surface area contributed by atoms with Crippen LogP contribution in [0.5, 0.6) is 0 Å². The summed E-state index contributed by atoms with van der Waals surface area (Å²) in [6, 6.07) is 16.9. The van der Waals surface area contributed by atoms with Gasteiger partial charge in [-0.05, 0) is 54.6 Å². The summed E-state index contributed by atoms with van der Waals surface area (Å²) in [5.41, 5.74) is 3.27. The van der Waals surface area contributed by atoms with Gasteiger partial charge in [-0.15, -0.1) is 10.2 Å². The Balaban J connectivity index is 1.38. The van der Waals surface area contributed by atoms with Crippen molar-refractivity contribution in [1.29, 1.82) is 0 Å². The van der Waals surface area contributed by atoms with Crippen LogP contribution in [0.4, 0.5) is 11.5 Å². The van der Waals surface area contributed by atoms with Gasteiger partial charge in [-0.25, -0.2) is 0 Å². The minimum atomic E-state index is 0.0590. The van der Waals surface area contributed by atoms with Crippen LogP contribution in [0.3, 0.4) is 0 Å². The molecule has 0 N–H and O–H groups in total. The highest BCUT2D eigenvalue weighted by Crippen LogP contribution is 2.29. The minimum absolute atomic E-state index is 0.0590. The second-order valence-corrected chi connectivity index (χ2v) is 8.47. The van der Waals surface area contributed by atoms with Crippen LogP contribution in [0.25, 0.3) is 11.3 Å². The zero-order chi connectivity index (χ0) is 22.0. The van der Waals surface area contributed by atoms with Crippen LogP contribution in [0.15, 0.2) is 54.6 Å². The van der Waals surface area contributed by atoms with E-state index in [4.69, 9.17) is 23.2 Å². The molecule has 1 aromatic heterocycles. The highest BCUT2D eigenvalue weighted by atomic mass is 35.5. The highest BCUT2D eigenvalue weighted by molar-refractivity contribution is 6.36. The topological polar surface area (TPSA) is 52.6 Å². The van der Waals surface area contributed by atoms with Gasteiger partial charge in [-0.1, -0.05) is 23.2 Å². The third-order valence-electron chi connectivity index (χ3n) is 5.38. The molecule has 1 aliphatic rings. The lowest BCUT2D eigenvalue weighted by molar-refractivity contribution is 0.0746. The van der Waals surface area contributed by atoms with E-state index in [2.05, 4.69) is 15.1 Å². The average molecular weight is 456 g/mol. The summed E-state index contributed by atoms with van der Waals surface area (Å²) >= 11 is 12.2. The maximum absolute atomic E-state index is 12.8. The van der Waals surface area contributed by atoms with Crippen molar-refractivity contribution < 1.29 is 4.79 Å². The predicted molar refractivity (Wildman–Crippen MR) is 126 cm³/mol. The van der Waals surface area contributed by atoms with Crippen LogP contribution in [0, 0.1) is 0 Å². The number of piperazine rings is 1. The summed E-state index contributed by atoms with van der Waals surface area (Å²) in [6.45, 7) is 2.69. The van der Waals surface area contributed by atoms with E-state index in [0.29, 0.717) is 47.5 Å². The van der Waals surface area contributed by atoms with Gasteiger partial charge in [0.25, 0.3) is 5.91 Å². The Bertz CT molecular complexity index is 1060. The number of anilines is 2. The van der Waals surface area contributed by atoms with E-state index in [-0.39, 0.29) is 5.91 Å². The molecule has 0 aliphatic carbocycles. The number of carbonyl (C=O) groups is 1. The lowest BCUT2D eigenvalue weighted by Crippen LogP contribution is -2.49. The van der Waals surface area contributed by atoms with Gasteiger partial charge >= 0.3 is 0 Å². The number of amides is 1. The van der Waals surface area contributed by atoms with Gasteiger partial charge in [-0.2, -0.15) is 0 Å². The molecule has 2 aromatic carbocycles. The standard InChI is InChI=1S/C23H23Cl2N5O/c1-28(2)18-6-3-16(4-7-18)23(31)30-13-11-29(12-14-30)22-10-9-21(26-27-22)19-8-5-17(24)15-20(19)25/h3-10,15H,11-14H2,1-2H3. The summed E-state index contributed by atoms with van der Waals surface area (Å²) in [6.07, 6.45) is 0. The third-order valence-corrected chi connectivity index (χ3v) is 5.93. The minimum Gasteiger partial charge on any atom is -0.378 e. The molecule has 0 atom stereocenters. The van der Waals surface area contributed by atoms with Crippen LogP contribution < -0.4 is 9.80 Å². The van der Waals surface area contributed by atoms with E-state index < -0.39 is 0 Å². The van der Waals surface area contributed by atoms with Crippen LogP contribution in [0.2, 0.25) is 10.0 Å². The summed E-state index contributed by atoms with van der Waals surface area (Å²) in [5, 5.41) is 9.83. The molecule has 4 rings (SSSR count). The van der Waals surface area contributed by atoms with E-state index in [1.807, 2.05) is 66.4 Å². The molecule has 0 spiro atoms. The number of benzene rings is 2. The Morgan fingerprint density at radius 3 is 2.19 bits per heavy atom. The van der Waals surface area contributed by atoms with Crippen molar-refractivity contribution in [3.05, 3.63) is 70.2 Å². The fraction of sp³-hybridized carbons (Fsp3) is 0.261. The predicted octanol–water partition coefficient (Wildman–Crippen LogP) is 4.48. The van der Waals surface area contributed by atoms with E-state index >= 15 is 0 Å². The molecule has 3 aromatic rings. The molecule has 0 bridgehead atoms. The van der Waals surface area contributed by atoms with E-state index in [0.717, 1.165) is 17.1 Å². The summed E-state index contributed by atoms with van der Waals surface area (Å²) < 4.78 is 0. The van der Waals surface area contributed by atoms with Crippen LogP contribution >= 0.6 is 23.2 Å². The molecule has 31 heavy (non-hydrogen) atoms. The molecular weight excluding hydrogens is 433 g/mol. The van der Waals surface area contributed by atoms with Crippen molar-refractivity contribution in [2.24, 2.45) is 0 Å². The number of hydrogen-bond acceptors (Lipinski definition) is 5. The number of rotatable bonds is 4. The summed E-state index contributed by atoms with van der Waals surface area (Å²) in [4.78, 5) is 18.9. The van der Waals surface area contributed by atoms with Gasteiger partial charge < -0.3 is 14.7 Å². The lowest BCUT2D eigenvalue weighted by atomic mass is 10.1. The van der Waals surface area contributed by atoms with Crippen molar-refractivity contribution in [3.63, 3.8) is 0 Å². The SMILES string of the molecule is CN(C)c1ccc(C(=O)N2CCN(c3ccc(-c4ccc(Cl)cc4Cl)nn3)CC2)cc1. The molecule has 2 heterocycles. The van der Waals surface area contributed by atoms with Gasteiger partial charge in [0.1, 0.15) is 0 Å². The largest absolute Gasteiger partial charge is 0.378 e. The van der Waals surface area contributed by atoms with Crippen LogP contribution in [-0.2, 0) is 0 Å². The first-order valence-electron chi connectivity index (χ1n) is 10.0. The van der Waals surface area contributed by atoms with Crippen molar-refractivity contribution in [2.45, 2.75) is 0 Å². The van der Waals surface area contributed by atoms with Crippen LogP contribution in [-0.4, -0.2) is 61.3 Å². The first-order valence-corrected chi connectivity index (χ1v) is 10.8. The molecular formula is C23H23Cl2N5O. The maximum Gasteiger partial charge on any atom is 0.253 e. The molecule has 0 unspecified atom stereocenters. The molecule has 160 valence electrons. The average Bonchev–Trinajstić information content (AvgIpc) is 2.79. The zero-order valence-electron chi connectivity index (χ0n) is 17.4. The number of aromatic nitrogens is 2. The van der Waals surface area contributed by atoms with Crippen molar-refractivity contribution in [3.8, 4) is 11.3 Å². The van der Waals surface area contributed by atoms with Crippen molar-refractivity contribution in [2.75, 3.05) is 50.1 Å². The Morgan fingerprint density at radius 1 is 0.903 bits per heavy atom. The second-order valence-electron chi connectivity index (χ2n) is 7.62. The number of hydrogen-bond donors (Lipinski definition) is 0. The van der Waals surface area contributed by atoms with Gasteiger partial charge in [0.15, 0.2) is 5.82 Å². The molecule has 1 amide bonds. The first kappa shape index (κ1) is 21.4.